The van der Waals surface area contributed by atoms with Crippen LogP contribution in [0.3, 0.4) is 0 Å². The quantitative estimate of drug-likeness (QED) is 0.406. The molecule has 0 radical (unpaired) electrons. The lowest BCUT2D eigenvalue weighted by Gasteiger charge is -2.12. The zero-order chi connectivity index (χ0) is 18.4. The first-order chi connectivity index (χ1) is 12.6. The molecule has 26 heavy (non-hydrogen) atoms. The smallest absolute Gasteiger partial charge is 0.349 e. The van der Waals surface area contributed by atoms with Gasteiger partial charge in [0.1, 0.15) is 11.5 Å². The second kappa shape index (κ2) is 8.68. The second-order valence-corrected chi connectivity index (χ2v) is 6.82. The van der Waals surface area contributed by atoms with Crippen LogP contribution in [0.2, 0.25) is 0 Å². The molecule has 0 aliphatic heterocycles. The summed E-state index contributed by atoms with van der Waals surface area (Å²) in [5.74, 6) is 0.738. The summed E-state index contributed by atoms with van der Waals surface area (Å²) in [6.07, 6.45) is 0.746. The summed E-state index contributed by atoms with van der Waals surface area (Å²) in [6, 6.07) is 23.4. The van der Waals surface area contributed by atoms with Gasteiger partial charge in [0.15, 0.2) is 6.61 Å². The van der Waals surface area contributed by atoms with Crippen molar-refractivity contribution in [2.45, 2.75) is 13.3 Å². The Morgan fingerprint density at radius 3 is 2.42 bits per heavy atom. The van der Waals surface area contributed by atoms with Gasteiger partial charge in [0.2, 0.25) is 0 Å². The number of rotatable bonds is 6. The molecule has 0 spiro atoms. The number of carbonyl (C=O) groups excluding carboxylic acids is 1. The van der Waals surface area contributed by atoms with Crippen LogP contribution in [0.4, 0.5) is 0 Å². The van der Waals surface area contributed by atoms with Crippen molar-refractivity contribution in [3.8, 4) is 11.5 Å². The molecule has 0 aliphatic rings. The van der Waals surface area contributed by atoms with Crippen molar-refractivity contribution >= 4 is 21.9 Å². The predicted molar refractivity (Wildman–Crippen MR) is 106 cm³/mol. The van der Waals surface area contributed by atoms with Crippen molar-refractivity contribution in [2.24, 2.45) is 0 Å². The molecule has 3 aromatic rings. The zero-order valence-electron chi connectivity index (χ0n) is 14.4. The number of hydrogen-bond acceptors (Lipinski definition) is 3. The number of benzene rings is 3. The number of carbonyl (C=O) groups is 1. The van der Waals surface area contributed by atoms with Gasteiger partial charge in [-0.2, -0.15) is 0 Å². The van der Waals surface area contributed by atoms with Crippen LogP contribution < -0.4 is 9.47 Å². The van der Waals surface area contributed by atoms with Crippen molar-refractivity contribution in [2.75, 3.05) is 6.61 Å². The van der Waals surface area contributed by atoms with Gasteiger partial charge < -0.3 is 9.47 Å². The molecular weight excluding hydrogens is 392 g/mol. The molecule has 3 nitrogen and oxygen atoms in total. The maximum absolute atomic E-state index is 12.1. The Balaban J connectivity index is 1.63. The molecule has 0 bridgehead atoms. The third kappa shape index (κ3) is 4.96. The Bertz CT molecular complexity index is 891. The van der Waals surface area contributed by atoms with E-state index in [2.05, 4.69) is 28.1 Å². The molecular formula is C22H19BrO3. The molecule has 0 aromatic heterocycles. The van der Waals surface area contributed by atoms with Crippen molar-refractivity contribution in [3.05, 3.63) is 94.0 Å². The highest BCUT2D eigenvalue weighted by Crippen LogP contribution is 2.26. The van der Waals surface area contributed by atoms with Crippen LogP contribution in [-0.2, 0) is 11.2 Å². The van der Waals surface area contributed by atoms with E-state index < -0.39 is 5.97 Å². The summed E-state index contributed by atoms with van der Waals surface area (Å²) in [7, 11) is 0. The SMILES string of the molecule is Cc1ccc(OC(=O)COc2ccccc2Cc2ccccc2)c(Br)c1. The van der Waals surface area contributed by atoms with Gasteiger partial charge >= 0.3 is 5.97 Å². The van der Waals surface area contributed by atoms with Gasteiger partial charge in [0, 0.05) is 6.42 Å². The van der Waals surface area contributed by atoms with Crippen molar-refractivity contribution in [1.82, 2.24) is 0 Å². The van der Waals surface area contributed by atoms with Gasteiger partial charge in [-0.25, -0.2) is 4.79 Å². The average Bonchev–Trinajstić information content (AvgIpc) is 2.64. The number of ether oxygens (including phenoxy) is 2. The van der Waals surface area contributed by atoms with Gasteiger partial charge in [0.25, 0.3) is 0 Å². The first-order valence-corrected chi connectivity index (χ1v) is 9.12. The molecule has 0 fully saturated rings. The van der Waals surface area contributed by atoms with E-state index in [9.17, 15) is 4.79 Å². The fourth-order valence-electron chi connectivity index (χ4n) is 2.58. The molecule has 0 saturated heterocycles. The maximum atomic E-state index is 12.1. The van der Waals surface area contributed by atoms with Gasteiger partial charge in [-0.3, -0.25) is 0 Å². The molecule has 0 heterocycles. The maximum Gasteiger partial charge on any atom is 0.349 e. The fraction of sp³-hybridized carbons (Fsp3) is 0.136. The van der Waals surface area contributed by atoms with Crippen molar-refractivity contribution in [1.29, 1.82) is 0 Å². The van der Waals surface area contributed by atoms with Gasteiger partial charge in [-0.05, 0) is 57.7 Å². The molecule has 0 N–H and O–H groups in total. The lowest BCUT2D eigenvalue weighted by Crippen LogP contribution is -2.18. The Hall–Kier alpha value is -2.59. The molecule has 4 heteroatoms. The Labute approximate surface area is 161 Å². The number of halogens is 1. The standard InChI is InChI=1S/C22H19BrO3/c1-16-11-12-21(19(23)13-16)26-22(24)15-25-20-10-6-5-9-18(20)14-17-7-3-2-4-8-17/h2-13H,14-15H2,1H3. The van der Waals surface area contributed by atoms with Crippen LogP contribution in [0.5, 0.6) is 11.5 Å². The highest BCUT2D eigenvalue weighted by atomic mass is 79.9. The summed E-state index contributed by atoms with van der Waals surface area (Å²) >= 11 is 3.40. The molecule has 3 aromatic carbocycles. The first kappa shape index (κ1) is 18.2. The first-order valence-electron chi connectivity index (χ1n) is 8.33. The van der Waals surface area contributed by atoms with Crippen molar-refractivity contribution in [3.63, 3.8) is 0 Å². The number of esters is 1. The highest BCUT2D eigenvalue weighted by molar-refractivity contribution is 9.10. The third-order valence-electron chi connectivity index (χ3n) is 3.87. The lowest BCUT2D eigenvalue weighted by atomic mass is 10.0. The van der Waals surface area contributed by atoms with E-state index in [-0.39, 0.29) is 6.61 Å². The largest absolute Gasteiger partial charge is 0.482 e. The zero-order valence-corrected chi connectivity index (χ0v) is 16.0. The monoisotopic (exact) mass is 410 g/mol. The number of aryl methyl sites for hydroxylation is 1. The minimum Gasteiger partial charge on any atom is -0.482 e. The summed E-state index contributed by atoms with van der Waals surface area (Å²) in [6.45, 7) is 1.83. The van der Waals surface area contributed by atoms with Crippen molar-refractivity contribution < 1.29 is 14.3 Å². The van der Waals surface area contributed by atoms with Crippen LogP contribution in [0.1, 0.15) is 16.7 Å². The number of hydrogen-bond donors (Lipinski definition) is 0. The topological polar surface area (TPSA) is 35.5 Å². The van der Waals surface area contributed by atoms with E-state index >= 15 is 0 Å². The second-order valence-electron chi connectivity index (χ2n) is 5.97. The van der Waals surface area contributed by atoms with E-state index in [1.807, 2.05) is 61.5 Å². The van der Waals surface area contributed by atoms with E-state index in [4.69, 9.17) is 9.47 Å². The van der Waals surface area contributed by atoms with Crippen LogP contribution >= 0.6 is 15.9 Å². The normalized spacial score (nSPS) is 10.4. The minimum absolute atomic E-state index is 0.147. The lowest BCUT2D eigenvalue weighted by molar-refractivity contribution is -0.136. The predicted octanol–water partition coefficient (Wildman–Crippen LogP) is 5.33. The summed E-state index contributed by atoms with van der Waals surface area (Å²) in [4.78, 5) is 12.1. The average molecular weight is 411 g/mol. The Kier molecular flexibility index (Phi) is 6.08. The van der Waals surface area contributed by atoms with Gasteiger partial charge in [0.05, 0.1) is 4.47 Å². The summed E-state index contributed by atoms with van der Waals surface area (Å²) < 4.78 is 11.8. The fourth-order valence-corrected chi connectivity index (χ4v) is 3.16. The molecule has 0 saturated carbocycles. The third-order valence-corrected chi connectivity index (χ3v) is 4.49. The Morgan fingerprint density at radius 1 is 0.923 bits per heavy atom. The van der Waals surface area contributed by atoms with E-state index in [1.165, 1.54) is 5.56 Å². The molecule has 0 aliphatic carbocycles. The van der Waals surface area contributed by atoms with Crippen LogP contribution in [0.25, 0.3) is 0 Å². The Morgan fingerprint density at radius 2 is 1.65 bits per heavy atom. The van der Waals surface area contributed by atoms with Crippen LogP contribution in [0, 0.1) is 6.92 Å². The minimum atomic E-state index is -0.441. The highest BCUT2D eigenvalue weighted by Gasteiger charge is 2.11. The summed E-state index contributed by atoms with van der Waals surface area (Å²) in [5, 5.41) is 0. The van der Waals surface area contributed by atoms with Crippen LogP contribution in [-0.4, -0.2) is 12.6 Å². The molecule has 132 valence electrons. The van der Waals surface area contributed by atoms with E-state index in [0.717, 1.165) is 22.0 Å². The molecule has 0 atom stereocenters. The number of para-hydroxylation sites is 1. The van der Waals surface area contributed by atoms with Gasteiger partial charge in [-0.15, -0.1) is 0 Å². The van der Waals surface area contributed by atoms with Gasteiger partial charge in [-0.1, -0.05) is 54.6 Å². The molecule has 0 amide bonds. The van der Waals surface area contributed by atoms with E-state index in [0.29, 0.717) is 11.5 Å². The molecule has 3 rings (SSSR count). The molecule has 0 unspecified atom stereocenters. The summed E-state index contributed by atoms with van der Waals surface area (Å²) in [5.41, 5.74) is 3.31. The van der Waals surface area contributed by atoms with Crippen LogP contribution in [0.15, 0.2) is 77.3 Å². The van der Waals surface area contributed by atoms with E-state index in [1.54, 1.807) is 6.07 Å².